The van der Waals surface area contributed by atoms with E-state index in [4.69, 9.17) is 4.74 Å². The molecule has 0 atom stereocenters. The van der Waals surface area contributed by atoms with Crippen molar-refractivity contribution in [1.82, 2.24) is 0 Å². The molecule has 0 aliphatic rings. The quantitative estimate of drug-likeness (QED) is 0.712. The van der Waals surface area contributed by atoms with E-state index in [1.165, 1.54) is 12.1 Å². The van der Waals surface area contributed by atoms with Crippen molar-refractivity contribution < 1.29 is 9.13 Å². The first-order valence-electron chi connectivity index (χ1n) is 3.71. The molecule has 0 spiro atoms. The maximum absolute atomic E-state index is 12.4. The van der Waals surface area contributed by atoms with Crippen molar-refractivity contribution in [2.24, 2.45) is 0 Å². The van der Waals surface area contributed by atoms with E-state index in [0.29, 0.717) is 6.61 Å². The molecule has 0 aromatic heterocycles. The van der Waals surface area contributed by atoms with Gasteiger partial charge in [0.15, 0.2) is 0 Å². The van der Waals surface area contributed by atoms with E-state index in [2.05, 4.69) is 0 Å². The third-order valence-corrected chi connectivity index (χ3v) is 1.29. The van der Waals surface area contributed by atoms with Gasteiger partial charge in [-0.1, -0.05) is 6.92 Å². The zero-order valence-corrected chi connectivity index (χ0v) is 7.73. The largest absolute Gasteiger partial charge is 0.494 e. The van der Waals surface area contributed by atoms with Gasteiger partial charge in [-0.15, -0.1) is 12.4 Å². The zero-order valence-electron chi connectivity index (χ0n) is 6.92. The van der Waals surface area contributed by atoms with Crippen molar-refractivity contribution in [2.75, 3.05) is 6.61 Å². The maximum atomic E-state index is 12.4. The van der Waals surface area contributed by atoms with Gasteiger partial charge in [-0.3, -0.25) is 0 Å². The molecule has 0 fully saturated rings. The second-order valence-electron chi connectivity index (χ2n) is 2.30. The fourth-order valence-corrected chi connectivity index (χ4v) is 0.751. The van der Waals surface area contributed by atoms with Crippen molar-refractivity contribution >= 4 is 12.4 Å². The number of hydrogen-bond acceptors (Lipinski definition) is 1. The van der Waals surface area contributed by atoms with Gasteiger partial charge in [0.1, 0.15) is 11.6 Å². The van der Waals surface area contributed by atoms with Crippen LogP contribution in [-0.4, -0.2) is 6.61 Å². The maximum Gasteiger partial charge on any atom is 0.123 e. The lowest BCUT2D eigenvalue weighted by Crippen LogP contribution is -1.94. The fraction of sp³-hybridized carbons (Fsp3) is 0.333. The highest BCUT2D eigenvalue weighted by Gasteiger charge is 1.91. The van der Waals surface area contributed by atoms with E-state index in [1.807, 2.05) is 6.92 Å². The van der Waals surface area contributed by atoms with Crippen molar-refractivity contribution in [1.29, 1.82) is 0 Å². The molecule has 68 valence electrons. The molecule has 0 amide bonds. The minimum absolute atomic E-state index is 0. The first kappa shape index (κ1) is 11.2. The van der Waals surface area contributed by atoms with Crippen LogP contribution in [0.2, 0.25) is 0 Å². The van der Waals surface area contributed by atoms with Crippen LogP contribution < -0.4 is 4.74 Å². The topological polar surface area (TPSA) is 9.23 Å². The molecule has 1 rings (SSSR count). The van der Waals surface area contributed by atoms with Crippen molar-refractivity contribution in [3.05, 3.63) is 30.1 Å². The van der Waals surface area contributed by atoms with Crippen LogP contribution in [0.1, 0.15) is 13.3 Å². The third kappa shape index (κ3) is 3.58. The van der Waals surface area contributed by atoms with Crippen LogP contribution in [0.15, 0.2) is 24.3 Å². The van der Waals surface area contributed by atoms with Crippen LogP contribution in [0.25, 0.3) is 0 Å². The lowest BCUT2D eigenvalue weighted by atomic mass is 10.3. The standard InChI is InChI=1S/C9H11FO.ClH/c1-2-7-11-9-5-3-8(10)4-6-9;/h3-6H,2,7H2,1H3;1H. The van der Waals surface area contributed by atoms with Crippen LogP contribution in [0.4, 0.5) is 4.39 Å². The average molecular weight is 191 g/mol. The average Bonchev–Trinajstić information content (AvgIpc) is 2.04. The van der Waals surface area contributed by atoms with Gasteiger partial charge in [-0.25, -0.2) is 4.39 Å². The third-order valence-electron chi connectivity index (χ3n) is 1.29. The first-order valence-corrected chi connectivity index (χ1v) is 3.71. The van der Waals surface area contributed by atoms with Crippen LogP contribution in [0, 0.1) is 5.82 Å². The molecule has 0 radical (unpaired) electrons. The van der Waals surface area contributed by atoms with E-state index in [9.17, 15) is 4.39 Å². The Morgan fingerprint density at radius 2 is 1.83 bits per heavy atom. The molecule has 1 aromatic carbocycles. The molecule has 3 heteroatoms. The summed E-state index contributed by atoms with van der Waals surface area (Å²) in [6.07, 6.45) is 0.970. The lowest BCUT2D eigenvalue weighted by Gasteiger charge is -2.02. The monoisotopic (exact) mass is 190 g/mol. The van der Waals surface area contributed by atoms with E-state index < -0.39 is 0 Å². The Kier molecular flexibility index (Phi) is 5.47. The highest BCUT2D eigenvalue weighted by molar-refractivity contribution is 5.85. The number of hydrogen-bond donors (Lipinski definition) is 0. The van der Waals surface area contributed by atoms with Crippen LogP contribution >= 0.6 is 12.4 Å². The van der Waals surface area contributed by atoms with Crippen molar-refractivity contribution in [3.63, 3.8) is 0 Å². The Hall–Kier alpha value is -0.760. The molecule has 0 aliphatic heterocycles. The van der Waals surface area contributed by atoms with Crippen LogP contribution in [0.3, 0.4) is 0 Å². The molecule has 0 saturated carbocycles. The summed E-state index contributed by atoms with van der Waals surface area (Å²) in [5.41, 5.74) is 0. The van der Waals surface area contributed by atoms with Gasteiger partial charge in [0.25, 0.3) is 0 Å². The summed E-state index contributed by atoms with van der Waals surface area (Å²) in [4.78, 5) is 0. The molecule has 1 nitrogen and oxygen atoms in total. The van der Waals surface area contributed by atoms with Crippen LogP contribution in [0.5, 0.6) is 5.75 Å². The SMILES string of the molecule is CCCOc1ccc(F)cc1.Cl. The second kappa shape index (κ2) is 5.84. The summed E-state index contributed by atoms with van der Waals surface area (Å²) in [7, 11) is 0. The highest BCUT2D eigenvalue weighted by atomic mass is 35.5. The summed E-state index contributed by atoms with van der Waals surface area (Å²) in [5, 5.41) is 0. The van der Waals surface area contributed by atoms with E-state index in [0.717, 1.165) is 12.2 Å². The van der Waals surface area contributed by atoms with E-state index in [-0.39, 0.29) is 18.2 Å². The predicted molar refractivity (Wildman–Crippen MR) is 49.4 cm³/mol. The minimum atomic E-state index is -0.228. The number of benzene rings is 1. The van der Waals surface area contributed by atoms with Crippen LogP contribution in [-0.2, 0) is 0 Å². The number of halogens is 2. The Morgan fingerprint density at radius 1 is 1.25 bits per heavy atom. The summed E-state index contributed by atoms with van der Waals surface area (Å²) in [5.74, 6) is 0.502. The molecule has 0 heterocycles. The van der Waals surface area contributed by atoms with E-state index >= 15 is 0 Å². The minimum Gasteiger partial charge on any atom is -0.494 e. The second-order valence-corrected chi connectivity index (χ2v) is 2.30. The smallest absolute Gasteiger partial charge is 0.123 e. The number of ether oxygens (including phenoxy) is 1. The molecule has 0 aliphatic carbocycles. The molecule has 0 unspecified atom stereocenters. The Labute approximate surface area is 78.0 Å². The lowest BCUT2D eigenvalue weighted by molar-refractivity contribution is 0.317. The van der Waals surface area contributed by atoms with Gasteiger partial charge >= 0.3 is 0 Å². The first-order chi connectivity index (χ1) is 5.33. The summed E-state index contributed by atoms with van der Waals surface area (Å²) < 4.78 is 17.6. The normalized spacial score (nSPS) is 8.83. The predicted octanol–water partition coefficient (Wildman–Crippen LogP) is 3.04. The Bertz CT molecular complexity index is 210. The Morgan fingerprint density at radius 3 is 2.33 bits per heavy atom. The van der Waals surface area contributed by atoms with Gasteiger partial charge < -0.3 is 4.74 Å². The summed E-state index contributed by atoms with van der Waals surface area (Å²) in [6, 6.07) is 6.05. The van der Waals surface area contributed by atoms with E-state index in [1.54, 1.807) is 12.1 Å². The molecule has 0 bridgehead atoms. The molecule has 0 saturated heterocycles. The molecule has 0 N–H and O–H groups in total. The van der Waals surface area contributed by atoms with Gasteiger partial charge in [-0.05, 0) is 30.7 Å². The van der Waals surface area contributed by atoms with Crippen molar-refractivity contribution in [2.45, 2.75) is 13.3 Å². The molecule has 1 aromatic rings. The highest BCUT2D eigenvalue weighted by Crippen LogP contribution is 2.10. The van der Waals surface area contributed by atoms with Gasteiger partial charge in [-0.2, -0.15) is 0 Å². The van der Waals surface area contributed by atoms with Gasteiger partial charge in [0.05, 0.1) is 6.61 Å². The fourth-order valence-electron chi connectivity index (χ4n) is 0.751. The van der Waals surface area contributed by atoms with Gasteiger partial charge in [0, 0.05) is 0 Å². The zero-order chi connectivity index (χ0) is 8.10. The summed E-state index contributed by atoms with van der Waals surface area (Å²) >= 11 is 0. The molecular weight excluding hydrogens is 179 g/mol. The Balaban J connectivity index is 0.00000121. The van der Waals surface area contributed by atoms with Crippen molar-refractivity contribution in [3.8, 4) is 5.75 Å². The van der Waals surface area contributed by atoms with Gasteiger partial charge in [0.2, 0.25) is 0 Å². The molecule has 12 heavy (non-hydrogen) atoms. The number of rotatable bonds is 3. The summed E-state index contributed by atoms with van der Waals surface area (Å²) in [6.45, 7) is 2.72. The molecular formula is C9H12ClFO.